The lowest BCUT2D eigenvalue weighted by atomic mass is 10.1. The van der Waals surface area contributed by atoms with Crippen molar-refractivity contribution in [2.45, 2.75) is 19.8 Å². The number of hydrogen-bond donors (Lipinski definition) is 1. The number of alkyl halides is 2. The van der Waals surface area contributed by atoms with E-state index in [4.69, 9.17) is 10.2 Å². The molecule has 0 fully saturated rings. The van der Waals surface area contributed by atoms with Crippen molar-refractivity contribution in [1.29, 1.82) is 0 Å². The van der Waals surface area contributed by atoms with Crippen LogP contribution in [0.2, 0.25) is 0 Å². The summed E-state index contributed by atoms with van der Waals surface area (Å²) in [5.41, 5.74) is 4.82. The lowest BCUT2D eigenvalue weighted by Crippen LogP contribution is -2.25. The lowest BCUT2D eigenvalue weighted by molar-refractivity contribution is 0.00456. The van der Waals surface area contributed by atoms with Crippen molar-refractivity contribution in [2.24, 2.45) is 5.73 Å². The normalized spacial score (nSPS) is 12.1. The maximum Gasteiger partial charge on any atom is 0.288 e. The Morgan fingerprint density at radius 1 is 1.50 bits per heavy atom. The Hall–Kier alpha value is -0.900. The standard InChI is InChI=1S/C8H11F2NO/c1-5-3-7(6(2)12-5)8(9,10)4-11/h3H,4,11H2,1-2H3. The minimum atomic E-state index is -2.97. The molecule has 12 heavy (non-hydrogen) atoms. The fourth-order valence-corrected chi connectivity index (χ4v) is 1.10. The second-order valence-electron chi connectivity index (χ2n) is 2.74. The molecule has 4 heteroatoms. The molecule has 2 N–H and O–H groups in total. The van der Waals surface area contributed by atoms with Crippen LogP contribution in [0.25, 0.3) is 0 Å². The molecular weight excluding hydrogens is 164 g/mol. The number of aryl methyl sites for hydroxylation is 2. The zero-order valence-corrected chi connectivity index (χ0v) is 7.03. The minimum Gasteiger partial charge on any atom is -0.466 e. The first-order valence-corrected chi connectivity index (χ1v) is 3.63. The highest BCUT2D eigenvalue weighted by Crippen LogP contribution is 2.31. The van der Waals surface area contributed by atoms with Crippen LogP contribution in [-0.2, 0) is 5.92 Å². The lowest BCUT2D eigenvalue weighted by Gasteiger charge is -2.11. The molecule has 0 spiro atoms. The van der Waals surface area contributed by atoms with Gasteiger partial charge in [-0.25, -0.2) is 0 Å². The van der Waals surface area contributed by atoms with Gasteiger partial charge in [0.15, 0.2) is 0 Å². The second-order valence-corrected chi connectivity index (χ2v) is 2.74. The average Bonchev–Trinajstić information content (AvgIpc) is 2.31. The number of nitrogens with two attached hydrogens (primary N) is 1. The number of furan rings is 1. The third kappa shape index (κ3) is 1.48. The summed E-state index contributed by atoms with van der Waals surface area (Å²) in [5, 5.41) is 0. The summed E-state index contributed by atoms with van der Waals surface area (Å²) in [5.74, 6) is -2.25. The predicted molar refractivity (Wildman–Crippen MR) is 41.1 cm³/mol. The van der Waals surface area contributed by atoms with Crippen LogP contribution in [0.15, 0.2) is 10.5 Å². The molecular formula is C8H11F2NO. The summed E-state index contributed by atoms with van der Waals surface area (Å²) in [4.78, 5) is 0. The Morgan fingerprint density at radius 2 is 2.08 bits per heavy atom. The summed E-state index contributed by atoms with van der Waals surface area (Å²) < 4.78 is 30.9. The highest BCUT2D eigenvalue weighted by molar-refractivity contribution is 5.25. The van der Waals surface area contributed by atoms with Crippen molar-refractivity contribution in [3.8, 4) is 0 Å². The van der Waals surface area contributed by atoms with Gasteiger partial charge in [-0.1, -0.05) is 0 Å². The summed E-state index contributed by atoms with van der Waals surface area (Å²) in [6.07, 6.45) is 0. The van der Waals surface area contributed by atoms with E-state index in [-0.39, 0.29) is 11.3 Å². The molecule has 0 radical (unpaired) electrons. The van der Waals surface area contributed by atoms with Gasteiger partial charge in [0.25, 0.3) is 5.92 Å². The predicted octanol–water partition coefficient (Wildman–Crippen LogP) is 1.95. The van der Waals surface area contributed by atoms with Crippen LogP contribution in [0, 0.1) is 13.8 Å². The Bertz CT molecular complexity index is 281. The van der Waals surface area contributed by atoms with E-state index < -0.39 is 12.5 Å². The van der Waals surface area contributed by atoms with Gasteiger partial charge in [-0.05, 0) is 19.9 Å². The molecule has 0 aromatic carbocycles. The highest BCUT2D eigenvalue weighted by Gasteiger charge is 2.33. The second kappa shape index (κ2) is 2.86. The maximum absolute atomic E-state index is 13.0. The summed E-state index contributed by atoms with van der Waals surface area (Å²) in [7, 11) is 0. The number of hydrogen-bond acceptors (Lipinski definition) is 2. The van der Waals surface area contributed by atoms with E-state index in [9.17, 15) is 8.78 Å². The van der Waals surface area contributed by atoms with E-state index in [1.54, 1.807) is 6.92 Å². The van der Waals surface area contributed by atoms with E-state index in [2.05, 4.69) is 0 Å². The monoisotopic (exact) mass is 175 g/mol. The molecule has 1 aromatic heterocycles. The summed E-state index contributed by atoms with van der Waals surface area (Å²) in [6.45, 7) is 2.45. The van der Waals surface area contributed by atoms with Crippen LogP contribution in [-0.4, -0.2) is 6.54 Å². The molecule has 0 aliphatic heterocycles. The fourth-order valence-electron chi connectivity index (χ4n) is 1.10. The molecule has 1 aromatic rings. The van der Waals surface area contributed by atoms with Gasteiger partial charge in [0.1, 0.15) is 11.5 Å². The van der Waals surface area contributed by atoms with Gasteiger partial charge in [0.2, 0.25) is 0 Å². The van der Waals surface area contributed by atoms with Gasteiger partial charge in [0.05, 0.1) is 12.1 Å². The van der Waals surface area contributed by atoms with Crippen LogP contribution < -0.4 is 5.73 Å². The van der Waals surface area contributed by atoms with E-state index >= 15 is 0 Å². The molecule has 0 bridgehead atoms. The van der Waals surface area contributed by atoms with Gasteiger partial charge in [0, 0.05) is 0 Å². The van der Waals surface area contributed by atoms with Gasteiger partial charge < -0.3 is 10.2 Å². The first kappa shape index (κ1) is 9.19. The van der Waals surface area contributed by atoms with E-state index in [1.165, 1.54) is 13.0 Å². The third-order valence-electron chi connectivity index (χ3n) is 1.69. The minimum absolute atomic E-state index is 0.109. The van der Waals surface area contributed by atoms with Gasteiger partial charge in [-0.3, -0.25) is 0 Å². The van der Waals surface area contributed by atoms with Crippen LogP contribution >= 0.6 is 0 Å². The molecule has 1 heterocycles. The third-order valence-corrected chi connectivity index (χ3v) is 1.69. The van der Waals surface area contributed by atoms with Crippen LogP contribution in [0.5, 0.6) is 0 Å². The van der Waals surface area contributed by atoms with Gasteiger partial charge >= 0.3 is 0 Å². The van der Waals surface area contributed by atoms with Crippen molar-refractivity contribution >= 4 is 0 Å². The molecule has 0 aliphatic rings. The molecule has 0 atom stereocenters. The van der Waals surface area contributed by atoms with Crippen LogP contribution in [0.4, 0.5) is 8.78 Å². The van der Waals surface area contributed by atoms with Crippen molar-refractivity contribution in [3.63, 3.8) is 0 Å². The molecule has 0 amide bonds. The van der Waals surface area contributed by atoms with E-state index in [0.29, 0.717) is 5.76 Å². The average molecular weight is 175 g/mol. The molecule has 0 unspecified atom stereocenters. The van der Waals surface area contributed by atoms with Crippen molar-refractivity contribution in [1.82, 2.24) is 0 Å². The molecule has 0 aliphatic carbocycles. The number of halogens is 2. The fraction of sp³-hybridized carbons (Fsp3) is 0.500. The molecule has 0 saturated heterocycles. The Labute approximate surface area is 69.4 Å². The highest BCUT2D eigenvalue weighted by atomic mass is 19.3. The van der Waals surface area contributed by atoms with E-state index in [0.717, 1.165) is 0 Å². The van der Waals surface area contributed by atoms with Crippen molar-refractivity contribution in [3.05, 3.63) is 23.2 Å². The van der Waals surface area contributed by atoms with Gasteiger partial charge in [-0.15, -0.1) is 0 Å². The topological polar surface area (TPSA) is 39.2 Å². The molecule has 68 valence electrons. The van der Waals surface area contributed by atoms with Crippen LogP contribution in [0.1, 0.15) is 17.1 Å². The Balaban J connectivity index is 3.09. The first-order valence-electron chi connectivity index (χ1n) is 3.63. The summed E-state index contributed by atoms with van der Waals surface area (Å²) in [6, 6.07) is 1.32. The Morgan fingerprint density at radius 3 is 2.42 bits per heavy atom. The largest absolute Gasteiger partial charge is 0.466 e. The zero-order valence-electron chi connectivity index (χ0n) is 7.03. The molecule has 1 rings (SSSR count). The van der Waals surface area contributed by atoms with Crippen LogP contribution in [0.3, 0.4) is 0 Å². The Kier molecular flexibility index (Phi) is 2.19. The first-order chi connectivity index (χ1) is 5.47. The van der Waals surface area contributed by atoms with E-state index in [1.807, 2.05) is 0 Å². The van der Waals surface area contributed by atoms with Gasteiger partial charge in [-0.2, -0.15) is 8.78 Å². The quantitative estimate of drug-likeness (QED) is 0.746. The molecule has 2 nitrogen and oxygen atoms in total. The number of rotatable bonds is 2. The summed E-state index contributed by atoms with van der Waals surface area (Å²) >= 11 is 0. The van der Waals surface area contributed by atoms with Crippen molar-refractivity contribution < 1.29 is 13.2 Å². The zero-order chi connectivity index (χ0) is 9.35. The maximum atomic E-state index is 13.0. The molecule has 0 saturated carbocycles. The van der Waals surface area contributed by atoms with Crippen molar-refractivity contribution in [2.75, 3.05) is 6.54 Å². The smallest absolute Gasteiger partial charge is 0.288 e. The SMILES string of the molecule is Cc1cc(C(F)(F)CN)c(C)o1.